The summed E-state index contributed by atoms with van der Waals surface area (Å²) in [6.07, 6.45) is 2.22. The summed E-state index contributed by atoms with van der Waals surface area (Å²) < 4.78 is 5.18. The van der Waals surface area contributed by atoms with Crippen molar-refractivity contribution in [2.24, 2.45) is 7.05 Å². The fourth-order valence-corrected chi connectivity index (χ4v) is 3.87. The van der Waals surface area contributed by atoms with Crippen molar-refractivity contribution < 1.29 is 0 Å². The maximum absolute atomic E-state index is 5.60. The van der Waals surface area contributed by atoms with Crippen molar-refractivity contribution in [3.63, 3.8) is 0 Å². The lowest BCUT2D eigenvalue weighted by molar-refractivity contribution is 0.808. The van der Waals surface area contributed by atoms with E-state index in [1.54, 1.807) is 0 Å². The third-order valence-electron chi connectivity index (χ3n) is 5.02. The van der Waals surface area contributed by atoms with Crippen molar-refractivity contribution in [2.75, 3.05) is 0 Å². The molecule has 0 spiro atoms. The van der Waals surface area contributed by atoms with Gasteiger partial charge in [-0.3, -0.25) is 0 Å². The minimum Gasteiger partial charge on any atom is -0.350 e. The highest BCUT2D eigenvalue weighted by atomic mass is 32.1. The Kier molecular flexibility index (Phi) is 3.39. The second-order valence-electron chi connectivity index (χ2n) is 6.70. The molecule has 24 heavy (non-hydrogen) atoms. The fourth-order valence-electron chi connectivity index (χ4n) is 3.60. The number of nitrogens with zero attached hydrogens (tertiary/aromatic N) is 2. The number of nitrogens with one attached hydrogen (secondary N) is 1. The Morgan fingerprint density at radius 1 is 1.00 bits per heavy atom. The van der Waals surface area contributed by atoms with E-state index in [0.717, 1.165) is 16.8 Å². The van der Waals surface area contributed by atoms with Gasteiger partial charge < -0.3 is 14.1 Å². The fraction of sp³-hybridized carbons (Fsp3) is 0.250. The first-order chi connectivity index (χ1) is 11.5. The molecule has 1 N–H and O–H groups in total. The molecule has 0 unspecified atom stereocenters. The third kappa shape index (κ3) is 2.21. The Bertz CT molecular complexity index is 1140. The number of imidazole rings is 1. The van der Waals surface area contributed by atoms with Gasteiger partial charge in [-0.1, -0.05) is 12.1 Å². The molecule has 0 aliphatic carbocycles. The molecule has 0 radical (unpaired) electrons. The standard InChI is InChI=1S/C20H21N3S/c1-12-6-5-7-17-19(12)15(10-22(17)4)11-23-18-9-14(3)13(2)8-16(18)21-20(23)24/h5-10H,11H2,1-4H3,(H,21,24). The number of rotatable bonds is 2. The summed E-state index contributed by atoms with van der Waals surface area (Å²) in [7, 11) is 2.10. The molecule has 0 atom stereocenters. The van der Waals surface area contributed by atoms with Crippen LogP contribution in [0.15, 0.2) is 36.5 Å². The molecule has 0 aliphatic rings. The average molecular weight is 335 g/mol. The Labute approximate surface area is 146 Å². The lowest BCUT2D eigenvalue weighted by atomic mass is 10.1. The summed E-state index contributed by atoms with van der Waals surface area (Å²) in [6, 6.07) is 10.9. The molecule has 3 nitrogen and oxygen atoms in total. The number of fused-ring (bicyclic) bond motifs is 2. The third-order valence-corrected chi connectivity index (χ3v) is 5.34. The average Bonchev–Trinajstić information content (AvgIpc) is 3.00. The summed E-state index contributed by atoms with van der Waals surface area (Å²) in [5.74, 6) is 0. The Balaban J connectivity index is 1.94. The van der Waals surface area contributed by atoms with Crippen molar-refractivity contribution in [1.29, 1.82) is 0 Å². The molecule has 2 heterocycles. The minimum atomic E-state index is 0.778. The van der Waals surface area contributed by atoms with Crippen molar-refractivity contribution >= 4 is 34.2 Å². The van der Waals surface area contributed by atoms with Crippen LogP contribution in [0.5, 0.6) is 0 Å². The van der Waals surface area contributed by atoms with Gasteiger partial charge in [-0.25, -0.2) is 0 Å². The van der Waals surface area contributed by atoms with Crippen LogP contribution >= 0.6 is 12.2 Å². The van der Waals surface area contributed by atoms with Crippen molar-refractivity contribution in [3.05, 3.63) is 63.6 Å². The molecule has 0 amide bonds. The Morgan fingerprint density at radius 2 is 1.75 bits per heavy atom. The molecular formula is C20H21N3S. The molecule has 0 fully saturated rings. The van der Waals surface area contributed by atoms with E-state index in [1.807, 2.05) is 0 Å². The Hall–Kier alpha value is -2.33. The Morgan fingerprint density at radius 3 is 2.54 bits per heavy atom. The van der Waals surface area contributed by atoms with Crippen molar-refractivity contribution in [2.45, 2.75) is 27.3 Å². The van der Waals surface area contributed by atoms with Crippen LogP contribution in [0.3, 0.4) is 0 Å². The predicted molar refractivity (Wildman–Crippen MR) is 103 cm³/mol. The zero-order chi connectivity index (χ0) is 17.0. The SMILES string of the molecule is Cc1cc2[nH]c(=S)n(Cc3cn(C)c4cccc(C)c34)c2cc1C. The van der Waals surface area contributed by atoms with Crippen LogP contribution in [0, 0.1) is 25.5 Å². The molecular weight excluding hydrogens is 314 g/mol. The molecule has 122 valence electrons. The summed E-state index contributed by atoms with van der Waals surface area (Å²) >= 11 is 5.60. The van der Waals surface area contributed by atoms with Crippen molar-refractivity contribution in [3.8, 4) is 0 Å². The number of aromatic amines is 1. The van der Waals surface area contributed by atoms with Crippen LogP contribution in [0.25, 0.3) is 21.9 Å². The number of aromatic nitrogens is 3. The lowest BCUT2D eigenvalue weighted by Gasteiger charge is -2.07. The van der Waals surface area contributed by atoms with Crippen molar-refractivity contribution in [1.82, 2.24) is 14.1 Å². The van der Waals surface area contributed by atoms with Gasteiger partial charge in [0.2, 0.25) is 0 Å². The molecule has 0 aliphatic heterocycles. The van der Waals surface area contributed by atoms with Gasteiger partial charge in [-0.15, -0.1) is 0 Å². The van der Waals surface area contributed by atoms with Crippen LogP contribution in [-0.2, 0) is 13.6 Å². The van der Waals surface area contributed by atoms with E-state index in [4.69, 9.17) is 12.2 Å². The zero-order valence-electron chi connectivity index (χ0n) is 14.5. The largest absolute Gasteiger partial charge is 0.350 e. The number of benzene rings is 2. The van der Waals surface area contributed by atoms with E-state index >= 15 is 0 Å². The van der Waals surface area contributed by atoms with Crippen LogP contribution < -0.4 is 0 Å². The first-order valence-corrected chi connectivity index (χ1v) is 8.60. The van der Waals surface area contributed by atoms with E-state index in [9.17, 15) is 0 Å². The van der Waals surface area contributed by atoms with Crippen LogP contribution in [0.2, 0.25) is 0 Å². The van der Waals surface area contributed by atoms with Gasteiger partial charge >= 0.3 is 0 Å². The normalized spacial score (nSPS) is 11.7. The molecule has 0 bridgehead atoms. The predicted octanol–water partition coefficient (Wildman–Crippen LogP) is 5.16. The molecule has 4 heteroatoms. The molecule has 2 aromatic carbocycles. The van der Waals surface area contributed by atoms with Gasteiger partial charge in [-0.05, 0) is 73.4 Å². The second kappa shape index (κ2) is 5.35. The van der Waals surface area contributed by atoms with Gasteiger partial charge in [0.05, 0.1) is 17.6 Å². The van der Waals surface area contributed by atoms with Crippen LogP contribution in [-0.4, -0.2) is 14.1 Å². The maximum Gasteiger partial charge on any atom is 0.178 e. The summed E-state index contributed by atoms with van der Waals surface area (Å²) in [5.41, 5.74) is 8.74. The minimum absolute atomic E-state index is 0.778. The van der Waals surface area contributed by atoms with E-state index < -0.39 is 0 Å². The van der Waals surface area contributed by atoms with Gasteiger partial charge in [0, 0.05) is 24.1 Å². The molecule has 0 saturated carbocycles. The van der Waals surface area contributed by atoms with Crippen LogP contribution in [0.4, 0.5) is 0 Å². The summed E-state index contributed by atoms with van der Waals surface area (Å²) in [6.45, 7) is 7.24. The highest BCUT2D eigenvalue weighted by Crippen LogP contribution is 2.27. The quantitative estimate of drug-likeness (QED) is 0.503. The van der Waals surface area contributed by atoms with Gasteiger partial charge in [0.15, 0.2) is 4.77 Å². The van der Waals surface area contributed by atoms with E-state index in [0.29, 0.717) is 0 Å². The van der Waals surface area contributed by atoms with E-state index in [1.165, 1.54) is 38.7 Å². The number of hydrogen-bond donors (Lipinski definition) is 1. The van der Waals surface area contributed by atoms with Gasteiger partial charge in [0.1, 0.15) is 0 Å². The second-order valence-corrected chi connectivity index (χ2v) is 7.09. The van der Waals surface area contributed by atoms with Crippen LogP contribution in [0.1, 0.15) is 22.3 Å². The first-order valence-electron chi connectivity index (χ1n) is 8.19. The number of H-pyrrole nitrogens is 1. The van der Waals surface area contributed by atoms with Gasteiger partial charge in [-0.2, -0.15) is 0 Å². The maximum atomic E-state index is 5.60. The smallest absolute Gasteiger partial charge is 0.178 e. The lowest BCUT2D eigenvalue weighted by Crippen LogP contribution is -2.00. The number of hydrogen-bond acceptors (Lipinski definition) is 1. The monoisotopic (exact) mass is 335 g/mol. The first kappa shape index (κ1) is 15.2. The highest BCUT2D eigenvalue weighted by Gasteiger charge is 2.12. The molecule has 4 rings (SSSR count). The highest BCUT2D eigenvalue weighted by molar-refractivity contribution is 7.71. The van der Waals surface area contributed by atoms with Gasteiger partial charge in [0.25, 0.3) is 0 Å². The van der Waals surface area contributed by atoms with E-state index in [-0.39, 0.29) is 0 Å². The van der Waals surface area contributed by atoms with E-state index in [2.05, 4.69) is 78.5 Å². The zero-order valence-corrected chi connectivity index (χ0v) is 15.3. The topological polar surface area (TPSA) is 25.6 Å². The summed E-state index contributed by atoms with van der Waals surface area (Å²) in [4.78, 5) is 3.36. The molecule has 2 aromatic heterocycles. The molecule has 4 aromatic rings. The summed E-state index contributed by atoms with van der Waals surface area (Å²) in [5, 5.41) is 1.33. The number of aryl methyl sites for hydroxylation is 4. The molecule has 0 saturated heterocycles.